The number of hydrogen-bond donors (Lipinski definition) is 2. The summed E-state index contributed by atoms with van der Waals surface area (Å²) in [6, 6.07) is 6.51. The van der Waals surface area contributed by atoms with Crippen molar-refractivity contribution in [2.75, 3.05) is 0 Å². The van der Waals surface area contributed by atoms with Gasteiger partial charge in [-0.2, -0.15) is 0 Å². The first-order valence-electron chi connectivity index (χ1n) is 11.7. The lowest BCUT2D eigenvalue weighted by molar-refractivity contribution is 0.0919. The zero-order valence-electron chi connectivity index (χ0n) is 18.3. The van der Waals surface area contributed by atoms with E-state index in [4.69, 9.17) is 0 Å². The molecule has 0 bridgehead atoms. The highest BCUT2D eigenvalue weighted by Gasteiger charge is 2.24. The Morgan fingerprint density at radius 3 is 1.34 bits per heavy atom. The van der Waals surface area contributed by atoms with Crippen molar-refractivity contribution >= 4 is 35.2 Å². The van der Waals surface area contributed by atoms with E-state index in [1.165, 1.54) is 12.8 Å². The summed E-state index contributed by atoms with van der Waals surface area (Å²) in [6.07, 6.45) is 11.8. The van der Waals surface area contributed by atoms with Gasteiger partial charge in [-0.1, -0.05) is 50.7 Å². The molecule has 6 heteroatoms. The standard InChI is InChI=1S/C26H30N2O4/c29-15-17-12-14-22(26(32)28-20-9-5-2-6-10-20)24-18(16-30)11-13-21(23(17)24)25(31)27-19-7-3-1-4-8-19/h11-16,19-20H,1-10H2,(H,27,31)(H,28,32). The molecule has 0 aliphatic heterocycles. The highest BCUT2D eigenvalue weighted by Crippen LogP contribution is 2.30. The number of rotatable bonds is 6. The van der Waals surface area contributed by atoms with E-state index < -0.39 is 0 Å². The minimum atomic E-state index is -0.271. The van der Waals surface area contributed by atoms with Crippen LogP contribution in [0, 0.1) is 0 Å². The van der Waals surface area contributed by atoms with Gasteiger partial charge in [0.25, 0.3) is 11.8 Å². The highest BCUT2D eigenvalue weighted by atomic mass is 16.2. The molecule has 2 saturated carbocycles. The van der Waals surface area contributed by atoms with Crippen LogP contribution in [0.4, 0.5) is 0 Å². The summed E-state index contributed by atoms with van der Waals surface area (Å²) in [5.74, 6) is -0.542. The van der Waals surface area contributed by atoms with E-state index in [9.17, 15) is 19.2 Å². The molecule has 0 spiro atoms. The molecule has 2 amide bonds. The van der Waals surface area contributed by atoms with Gasteiger partial charge in [0.05, 0.1) is 0 Å². The third kappa shape index (κ3) is 4.59. The van der Waals surface area contributed by atoms with E-state index in [1.54, 1.807) is 24.3 Å². The van der Waals surface area contributed by atoms with Crippen molar-refractivity contribution in [2.24, 2.45) is 0 Å². The van der Waals surface area contributed by atoms with Crippen LogP contribution in [-0.4, -0.2) is 36.5 Å². The van der Waals surface area contributed by atoms with E-state index in [0.29, 0.717) is 45.6 Å². The molecule has 6 nitrogen and oxygen atoms in total. The van der Waals surface area contributed by atoms with Crippen molar-refractivity contribution in [3.05, 3.63) is 46.5 Å². The Balaban J connectivity index is 1.76. The minimum Gasteiger partial charge on any atom is -0.349 e. The topological polar surface area (TPSA) is 92.3 Å². The molecule has 0 aromatic heterocycles. The van der Waals surface area contributed by atoms with Crippen LogP contribution in [0.25, 0.3) is 10.8 Å². The fourth-order valence-electron chi connectivity index (χ4n) is 5.14. The molecule has 2 aliphatic carbocycles. The van der Waals surface area contributed by atoms with Crippen LogP contribution in [-0.2, 0) is 0 Å². The largest absolute Gasteiger partial charge is 0.349 e. The van der Waals surface area contributed by atoms with Crippen LogP contribution in [0.15, 0.2) is 24.3 Å². The first kappa shape index (κ1) is 22.2. The van der Waals surface area contributed by atoms with Crippen LogP contribution in [0.3, 0.4) is 0 Å². The van der Waals surface area contributed by atoms with Gasteiger partial charge in [-0.05, 0) is 37.8 Å². The normalized spacial score (nSPS) is 17.6. The molecular weight excluding hydrogens is 404 g/mol. The van der Waals surface area contributed by atoms with Gasteiger partial charge in [0.1, 0.15) is 0 Å². The van der Waals surface area contributed by atoms with Gasteiger partial charge < -0.3 is 10.6 Å². The van der Waals surface area contributed by atoms with Crippen molar-refractivity contribution in [2.45, 2.75) is 76.3 Å². The second-order valence-corrected chi connectivity index (χ2v) is 9.01. The van der Waals surface area contributed by atoms with Gasteiger partial charge >= 0.3 is 0 Å². The Labute approximate surface area is 188 Å². The van der Waals surface area contributed by atoms with Crippen molar-refractivity contribution in [1.82, 2.24) is 10.6 Å². The number of amides is 2. The summed E-state index contributed by atoms with van der Waals surface area (Å²) < 4.78 is 0. The summed E-state index contributed by atoms with van der Waals surface area (Å²) in [7, 11) is 0. The number of carbonyl (C=O) groups excluding carboxylic acids is 4. The maximum atomic E-state index is 13.2. The number of fused-ring (bicyclic) bond motifs is 1. The average molecular weight is 435 g/mol. The number of carbonyl (C=O) groups is 4. The maximum Gasteiger partial charge on any atom is 0.252 e. The third-order valence-corrected chi connectivity index (χ3v) is 6.85. The highest BCUT2D eigenvalue weighted by molar-refractivity contribution is 6.21. The Kier molecular flexibility index (Phi) is 6.98. The van der Waals surface area contributed by atoms with Crippen LogP contribution < -0.4 is 10.6 Å². The molecule has 0 atom stereocenters. The molecule has 2 aliphatic rings. The van der Waals surface area contributed by atoms with Crippen LogP contribution in [0.5, 0.6) is 0 Å². The molecule has 2 fully saturated rings. The molecule has 32 heavy (non-hydrogen) atoms. The molecular formula is C26H30N2O4. The fraction of sp³-hybridized carbons (Fsp3) is 0.462. The SMILES string of the molecule is O=Cc1ccc(C(=O)NC2CCCCC2)c2c(C=O)ccc(C(=O)NC3CCCCC3)c12. The third-order valence-electron chi connectivity index (χ3n) is 6.85. The molecule has 4 rings (SSSR count). The lowest BCUT2D eigenvalue weighted by Gasteiger charge is -2.24. The van der Waals surface area contributed by atoms with E-state index in [2.05, 4.69) is 10.6 Å². The second-order valence-electron chi connectivity index (χ2n) is 9.01. The van der Waals surface area contributed by atoms with Gasteiger partial charge in [-0.3, -0.25) is 19.2 Å². The number of hydrogen-bond acceptors (Lipinski definition) is 4. The summed E-state index contributed by atoms with van der Waals surface area (Å²) in [6.45, 7) is 0. The molecule has 2 aromatic carbocycles. The monoisotopic (exact) mass is 434 g/mol. The summed E-state index contributed by atoms with van der Waals surface area (Å²) in [5.41, 5.74) is 1.25. The van der Waals surface area contributed by atoms with Crippen molar-refractivity contribution in [3.8, 4) is 0 Å². The van der Waals surface area contributed by atoms with Crippen LogP contribution in [0.2, 0.25) is 0 Å². The fourth-order valence-corrected chi connectivity index (χ4v) is 5.14. The molecule has 0 unspecified atom stereocenters. The average Bonchev–Trinajstić information content (AvgIpc) is 2.83. The number of nitrogens with one attached hydrogen (secondary N) is 2. The predicted molar refractivity (Wildman–Crippen MR) is 123 cm³/mol. The summed E-state index contributed by atoms with van der Waals surface area (Å²) >= 11 is 0. The Morgan fingerprint density at radius 1 is 0.625 bits per heavy atom. The van der Waals surface area contributed by atoms with Crippen molar-refractivity contribution in [1.29, 1.82) is 0 Å². The van der Waals surface area contributed by atoms with Crippen LogP contribution >= 0.6 is 0 Å². The van der Waals surface area contributed by atoms with Gasteiger partial charge in [-0.15, -0.1) is 0 Å². The summed E-state index contributed by atoms with van der Waals surface area (Å²) in [5, 5.41) is 6.91. The van der Waals surface area contributed by atoms with E-state index >= 15 is 0 Å². The number of benzene rings is 2. The molecule has 2 N–H and O–H groups in total. The van der Waals surface area contributed by atoms with Gasteiger partial charge in [0.15, 0.2) is 12.6 Å². The molecule has 0 radical (unpaired) electrons. The van der Waals surface area contributed by atoms with Crippen LogP contribution in [0.1, 0.15) is 106 Å². The van der Waals surface area contributed by atoms with Gasteiger partial charge in [0, 0.05) is 45.1 Å². The van der Waals surface area contributed by atoms with E-state index in [1.807, 2.05) is 0 Å². The van der Waals surface area contributed by atoms with Gasteiger partial charge in [0.2, 0.25) is 0 Å². The lowest BCUT2D eigenvalue weighted by Crippen LogP contribution is -2.37. The molecule has 0 heterocycles. The smallest absolute Gasteiger partial charge is 0.252 e. The second kappa shape index (κ2) is 10.1. The Hall–Kier alpha value is -3.02. The molecule has 2 aromatic rings. The quantitative estimate of drug-likeness (QED) is 0.651. The first-order valence-corrected chi connectivity index (χ1v) is 11.7. The first-order chi connectivity index (χ1) is 15.6. The van der Waals surface area contributed by atoms with Crippen molar-refractivity contribution in [3.63, 3.8) is 0 Å². The lowest BCUT2D eigenvalue weighted by atomic mass is 9.90. The molecule has 168 valence electrons. The minimum absolute atomic E-state index is 0.106. The van der Waals surface area contributed by atoms with E-state index in [-0.39, 0.29) is 23.9 Å². The Bertz CT molecular complexity index is 951. The molecule has 0 saturated heterocycles. The Morgan fingerprint density at radius 2 is 1.00 bits per heavy atom. The zero-order chi connectivity index (χ0) is 22.5. The number of aldehydes is 2. The van der Waals surface area contributed by atoms with Crippen molar-refractivity contribution < 1.29 is 19.2 Å². The zero-order valence-corrected chi connectivity index (χ0v) is 18.3. The summed E-state index contributed by atoms with van der Waals surface area (Å²) in [4.78, 5) is 50.1. The predicted octanol–water partition coefficient (Wildman–Crippen LogP) is 4.59. The van der Waals surface area contributed by atoms with E-state index in [0.717, 1.165) is 51.4 Å². The van der Waals surface area contributed by atoms with Gasteiger partial charge in [-0.25, -0.2) is 0 Å². The maximum absolute atomic E-state index is 13.2.